The molecule has 12 heteroatoms. The van der Waals surface area contributed by atoms with Gasteiger partial charge in [-0.1, -0.05) is 5.92 Å². The maximum Gasteiger partial charge on any atom is 0.285 e. The number of hydrogen-bond donors (Lipinski definition) is 4. The van der Waals surface area contributed by atoms with Crippen LogP contribution in [0.4, 0.5) is 14.5 Å². The molecule has 3 atom stereocenters. The minimum absolute atomic E-state index is 0.106. The quantitative estimate of drug-likeness (QED) is 0.281. The average Bonchev–Trinajstić information content (AvgIpc) is 3.39. The van der Waals surface area contributed by atoms with Gasteiger partial charge in [-0.05, 0) is 44.5 Å². The molecule has 8 nitrogen and oxygen atoms in total. The molecule has 4 rings (SSSR count). The number of nitrogens with zero attached hydrogens (tertiary/aromatic N) is 3. The Kier molecular flexibility index (Phi) is 6.59. The number of anilines is 1. The Morgan fingerprint density at radius 3 is 2.64 bits per heavy atom. The summed E-state index contributed by atoms with van der Waals surface area (Å²) in [5, 5.41) is 17.9. The first-order valence-electron chi connectivity index (χ1n) is 10.5. The highest BCUT2D eigenvalue weighted by molar-refractivity contribution is 8.26. The smallest absolute Gasteiger partial charge is 0.285 e. The SMILES string of the molecule is C#CC1(NS(=O)c2cc(N3CC(C)N[C@@H](C)C3)c3cnc(C(=N)SC(=N)C(F)F)n3c2)CC1. The van der Waals surface area contributed by atoms with Crippen LogP contribution in [0.15, 0.2) is 23.4 Å². The van der Waals surface area contributed by atoms with E-state index in [0.29, 0.717) is 35.3 Å². The van der Waals surface area contributed by atoms with E-state index in [1.165, 1.54) is 0 Å². The minimum atomic E-state index is -2.97. The fourth-order valence-corrected chi connectivity index (χ4v) is 5.64. The Bertz CT molecular complexity index is 1160. The number of piperazine rings is 1. The second-order valence-electron chi connectivity index (χ2n) is 8.47. The molecule has 3 heterocycles. The molecule has 176 valence electrons. The van der Waals surface area contributed by atoms with Crippen molar-refractivity contribution in [3.8, 4) is 12.3 Å². The van der Waals surface area contributed by atoms with Crippen LogP contribution in [0.1, 0.15) is 32.5 Å². The molecule has 1 saturated heterocycles. The summed E-state index contributed by atoms with van der Waals surface area (Å²) in [6, 6.07) is 2.28. The Balaban J connectivity index is 1.77. The van der Waals surface area contributed by atoms with Gasteiger partial charge in [0, 0.05) is 31.4 Å². The van der Waals surface area contributed by atoms with Gasteiger partial charge in [0.2, 0.25) is 0 Å². The lowest BCUT2D eigenvalue weighted by atomic mass is 10.1. The van der Waals surface area contributed by atoms with Crippen LogP contribution in [0.25, 0.3) is 5.52 Å². The number of terminal acetylenes is 1. The zero-order valence-corrected chi connectivity index (χ0v) is 19.8. The van der Waals surface area contributed by atoms with Crippen molar-refractivity contribution in [2.24, 2.45) is 0 Å². The Hall–Kier alpha value is -2.33. The standard InChI is InChI=1S/C21H25F2N7OS2/c1-4-21(5-6-21)28-33(31)14-7-15(29-9-12(2)27-13(3)10-29)16-8-26-20(30(16)11-14)19(25)32-18(24)17(22)23/h1,7-8,11-13,17,24-25,27-28H,5-6,9-10H2,2-3H3/t12-,13?,33?/m0/s1. The lowest BCUT2D eigenvalue weighted by molar-refractivity contribution is 0.228. The van der Waals surface area contributed by atoms with Gasteiger partial charge in [0.15, 0.2) is 5.82 Å². The van der Waals surface area contributed by atoms with Crippen LogP contribution in [0, 0.1) is 23.2 Å². The van der Waals surface area contributed by atoms with Crippen molar-refractivity contribution in [1.82, 2.24) is 19.4 Å². The van der Waals surface area contributed by atoms with Crippen molar-refractivity contribution >= 4 is 44.0 Å². The molecule has 2 fully saturated rings. The number of nitrogens with one attached hydrogen (secondary N) is 4. The van der Waals surface area contributed by atoms with Gasteiger partial charge < -0.3 is 10.2 Å². The molecule has 0 radical (unpaired) electrons. The number of hydrogen-bond acceptors (Lipinski definition) is 7. The van der Waals surface area contributed by atoms with E-state index in [-0.39, 0.29) is 23.0 Å². The first-order chi connectivity index (χ1) is 15.6. The molecule has 0 aromatic carbocycles. The van der Waals surface area contributed by atoms with Crippen molar-refractivity contribution in [1.29, 1.82) is 10.8 Å². The van der Waals surface area contributed by atoms with Gasteiger partial charge in [-0.2, -0.15) is 0 Å². The summed E-state index contributed by atoms with van der Waals surface area (Å²) >= 11 is 0.352. The molecule has 1 aliphatic carbocycles. The van der Waals surface area contributed by atoms with Gasteiger partial charge in [0.25, 0.3) is 6.43 Å². The normalized spacial score (nSPS) is 22.8. The van der Waals surface area contributed by atoms with Crippen LogP contribution in [0.5, 0.6) is 0 Å². The van der Waals surface area contributed by atoms with E-state index in [0.717, 1.165) is 18.5 Å². The second kappa shape index (κ2) is 9.13. The molecule has 1 aliphatic heterocycles. The van der Waals surface area contributed by atoms with Gasteiger partial charge in [0.05, 0.1) is 27.8 Å². The molecule has 0 amide bonds. The molecule has 1 saturated carbocycles. The fourth-order valence-electron chi connectivity index (χ4n) is 3.94. The van der Waals surface area contributed by atoms with E-state index < -0.39 is 28.0 Å². The first kappa shape index (κ1) is 23.8. The number of thioether (sulfide) groups is 1. The summed E-state index contributed by atoms with van der Waals surface area (Å²) in [6.07, 6.45) is 7.27. The highest BCUT2D eigenvalue weighted by Gasteiger charge is 2.42. The number of alkyl halides is 2. The molecule has 2 unspecified atom stereocenters. The van der Waals surface area contributed by atoms with Crippen LogP contribution in [0.3, 0.4) is 0 Å². The van der Waals surface area contributed by atoms with E-state index in [9.17, 15) is 13.0 Å². The number of pyridine rings is 1. The number of aromatic nitrogens is 2. The molecule has 2 aromatic rings. The van der Waals surface area contributed by atoms with Crippen molar-refractivity contribution in [3.63, 3.8) is 0 Å². The Morgan fingerprint density at radius 2 is 2.06 bits per heavy atom. The van der Waals surface area contributed by atoms with Crippen LogP contribution < -0.4 is 14.9 Å². The average molecular weight is 494 g/mol. The molecule has 2 aliphatic rings. The van der Waals surface area contributed by atoms with Crippen molar-refractivity contribution in [2.45, 2.75) is 55.6 Å². The highest BCUT2D eigenvalue weighted by Crippen LogP contribution is 2.36. The largest absolute Gasteiger partial charge is 0.367 e. The molecule has 33 heavy (non-hydrogen) atoms. The van der Waals surface area contributed by atoms with Crippen molar-refractivity contribution < 1.29 is 13.0 Å². The third-order valence-corrected chi connectivity index (χ3v) is 7.65. The van der Waals surface area contributed by atoms with E-state index in [2.05, 4.69) is 39.7 Å². The van der Waals surface area contributed by atoms with Crippen molar-refractivity contribution in [3.05, 3.63) is 24.3 Å². The Labute approximate surface area is 197 Å². The van der Waals surface area contributed by atoms with Gasteiger partial charge in [-0.15, -0.1) is 6.42 Å². The number of fused-ring (bicyclic) bond motifs is 1. The maximum absolute atomic E-state index is 13.2. The fraction of sp³-hybridized carbons (Fsp3) is 0.476. The highest BCUT2D eigenvalue weighted by atomic mass is 32.2. The maximum atomic E-state index is 13.2. The third-order valence-electron chi connectivity index (χ3n) is 5.63. The van der Waals surface area contributed by atoms with Gasteiger partial charge in [0.1, 0.15) is 21.1 Å². The van der Waals surface area contributed by atoms with Crippen LogP contribution >= 0.6 is 11.8 Å². The molecule has 0 spiro atoms. The molecule has 0 bridgehead atoms. The zero-order chi connectivity index (χ0) is 23.9. The monoisotopic (exact) mass is 493 g/mol. The van der Waals surface area contributed by atoms with Gasteiger partial charge in [-0.3, -0.25) is 15.2 Å². The van der Waals surface area contributed by atoms with Gasteiger partial charge >= 0.3 is 0 Å². The van der Waals surface area contributed by atoms with E-state index in [1.54, 1.807) is 16.8 Å². The van der Waals surface area contributed by atoms with E-state index in [4.69, 9.17) is 17.2 Å². The predicted molar refractivity (Wildman–Crippen MR) is 128 cm³/mol. The summed E-state index contributed by atoms with van der Waals surface area (Å²) in [5.74, 6) is 2.77. The second-order valence-corrected chi connectivity index (χ2v) is 10.7. The van der Waals surface area contributed by atoms with Crippen LogP contribution in [0.2, 0.25) is 0 Å². The lowest BCUT2D eigenvalue weighted by Gasteiger charge is -2.38. The first-order valence-corrected chi connectivity index (χ1v) is 12.4. The minimum Gasteiger partial charge on any atom is -0.367 e. The summed E-state index contributed by atoms with van der Waals surface area (Å²) in [4.78, 5) is 6.90. The summed E-state index contributed by atoms with van der Waals surface area (Å²) in [5.41, 5.74) is 0.873. The third kappa shape index (κ3) is 4.96. The van der Waals surface area contributed by atoms with E-state index >= 15 is 0 Å². The number of halogens is 2. The number of rotatable bonds is 6. The van der Waals surface area contributed by atoms with Crippen molar-refractivity contribution in [2.75, 3.05) is 18.0 Å². The summed E-state index contributed by atoms with van der Waals surface area (Å²) in [6.45, 7) is 5.58. The summed E-state index contributed by atoms with van der Waals surface area (Å²) in [7, 11) is -1.63. The molecule has 2 aromatic heterocycles. The zero-order valence-electron chi connectivity index (χ0n) is 18.2. The van der Waals surface area contributed by atoms with Gasteiger partial charge in [-0.25, -0.2) is 22.7 Å². The predicted octanol–water partition coefficient (Wildman–Crippen LogP) is 2.60. The Morgan fingerprint density at radius 1 is 1.39 bits per heavy atom. The summed E-state index contributed by atoms with van der Waals surface area (Å²) < 4.78 is 43.5. The molecular weight excluding hydrogens is 468 g/mol. The van der Waals surface area contributed by atoms with E-state index in [1.807, 2.05) is 6.07 Å². The lowest BCUT2D eigenvalue weighted by Crippen LogP contribution is -2.54. The topological polar surface area (TPSA) is 109 Å². The number of imidazole rings is 1. The van der Waals surface area contributed by atoms with Crippen LogP contribution in [-0.2, 0) is 11.0 Å². The van der Waals surface area contributed by atoms with Crippen LogP contribution in [-0.4, -0.2) is 60.8 Å². The molecular formula is C21H25F2N7OS2. The molecule has 4 N–H and O–H groups in total.